The highest BCUT2D eigenvalue weighted by atomic mass is 127. The molecular formula is C23H37IN4O3. The van der Waals surface area contributed by atoms with Gasteiger partial charge in [0.15, 0.2) is 12.6 Å². The molecule has 2 fully saturated rings. The number of halogens is 1. The summed E-state index contributed by atoms with van der Waals surface area (Å²) in [6.07, 6.45) is 7.99. The minimum Gasteiger partial charge on any atom is -0.484 e. The molecule has 8 heteroatoms. The Morgan fingerprint density at radius 3 is 2.52 bits per heavy atom. The molecule has 1 aromatic carbocycles. The van der Waals surface area contributed by atoms with Crippen LogP contribution in [0.2, 0.25) is 0 Å². The minimum atomic E-state index is -0.0458. The number of benzene rings is 1. The van der Waals surface area contributed by atoms with Gasteiger partial charge in [-0.1, -0.05) is 18.6 Å². The van der Waals surface area contributed by atoms with E-state index in [1.54, 1.807) is 7.11 Å². The molecule has 2 saturated carbocycles. The largest absolute Gasteiger partial charge is 0.484 e. The summed E-state index contributed by atoms with van der Waals surface area (Å²) in [4.78, 5) is 16.0. The maximum Gasteiger partial charge on any atom is 0.258 e. The SMILES string of the molecule is CN=C(NCCc1ccc(OCC(=O)NC2CC2)cc1)NCC1(CCOC)CCC1.I. The van der Waals surface area contributed by atoms with Crippen LogP contribution >= 0.6 is 24.0 Å². The zero-order chi connectivity index (χ0) is 21.2. The van der Waals surface area contributed by atoms with Crippen molar-refractivity contribution >= 4 is 35.8 Å². The zero-order valence-electron chi connectivity index (χ0n) is 18.7. The van der Waals surface area contributed by atoms with Crippen LogP contribution in [0.4, 0.5) is 0 Å². The van der Waals surface area contributed by atoms with Crippen LogP contribution in [0.1, 0.15) is 44.1 Å². The standard InChI is InChI=1S/C23H36N4O3.HI/c1-24-22(26-17-23(11-3-12-23)13-15-29-2)25-14-10-18-4-8-20(9-5-18)30-16-21(28)27-19-6-7-19;/h4-5,8-9,19H,3,6-7,10-17H2,1-2H3,(H,27,28)(H2,24,25,26);1H. The van der Waals surface area contributed by atoms with E-state index in [0.717, 1.165) is 57.1 Å². The number of hydrogen-bond donors (Lipinski definition) is 3. The summed E-state index contributed by atoms with van der Waals surface area (Å²) in [5, 5.41) is 9.80. The second kappa shape index (κ2) is 13.1. The van der Waals surface area contributed by atoms with Gasteiger partial charge in [0.05, 0.1) is 0 Å². The van der Waals surface area contributed by atoms with Crippen molar-refractivity contribution in [2.45, 2.75) is 51.0 Å². The van der Waals surface area contributed by atoms with Crippen LogP contribution in [0.3, 0.4) is 0 Å². The molecule has 0 atom stereocenters. The van der Waals surface area contributed by atoms with E-state index in [0.29, 0.717) is 11.5 Å². The number of ether oxygens (including phenoxy) is 2. The average Bonchev–Trinajstić information content (AvgIpc) is 3.54. The molecule has 31 heavy (non-hydrogen) atoms. The fourth-order valence-electron chi connectivity index (χ4n) is 3.73. The van der Waals surface area contributed by atoms with Gasteiger partial charge in [0.2, 0.25) is 0 Å². The average molecular weight is 544 g/mol. The molecular weight excluding hydrogens is 507 g/mol. The van der Waals surface area contributed by atoms with E-state index in [2.05, 4.69) is 20.9 Å². The van der Waals surface area contributed by atoms with E-state index in [1.807, 2.05) is 31.3 Å². The lowest BCUT2D eigenvalue weighted by atomic mass is 9.67. The Kier molecular flexibility index (Phi) is 10.9. The Morgan fingerprint density at radius 1 is 1.19 bits per heavy atom. The van der Waals surface area contributed by atoms with Crippen molar-refractivity contribution in [1.29, 1.82) is 0 Å². The molecule has 3 N–H and O–H groups in total. The Morgan fingerprint density at radius 2 is 1.94 bits per heavy atom. The third kappa shape index (κ3) is 8.84. The van der Waals surface area contributed by atoms with Crippen LogP contribution < -0.4 is 20.7 Å². The van der Waals surface area contributed by atoms with Gasteiger partial charge >= 0.3 is 0 Å². The number of rotatable bonds is 12. The molecule has 0 spiro atoms. The normalized spacial score (nSPS) is 17.2. The van der Waals surface area contributed by atoms with Crippen molar-refractivity contribution in [3.8, 4) is 5.75 Å². The number of nitrogens with zero attached hydrogens (tertiary/aromatic N) is 1. The monoisotopic (exact) mass is 544 g/mol. The number of amides is 1. The van der Waals surface area contributed by atoms with Crippen LogP contribution in [0.25, 0.3) is 0 Å². The highest BCUT2D eigenvalue weighted by Gasteiger charge is 2.36. The smallest absolute Gasteiger partial charge is 0.258 e. The fourth-order valence-corrected chi connectivity index (χ4v) is 3.73. The van der Waals surface area contributed by atoms with Crippen molar-refractivity contribution in [2.24, 2.45) is 10.4 Å². The van der Waals surface area contributed by atoms with Crippen molar-refractivity contribution in [3.63, 3.8) is 0 Å². The van der Waals surface area contributed by atoms with Gasteiger partial charge in [-0.15, -0.1) is 24.0 Å². The number of aliphatic imine (C=N–C) groups is 1. The molecule has 7 nitrogen and oxygen atoms in total. The molecule has 174 valence electrons. The van der Waals surface area contributed by atoms with Gasteiger partial charge in [0.1, 0.15) is 5.75 Å². The zero-order valence-corrected chi connectivity index (χ0v) is 21.1. The van der Waals surface area contributed by atoms with E-state index in [9.17, 15) is 4.79 Å². The highest BCUT2D eigenvalue weighted by molar-refractivity contribution is 14.0. The first-order chi connectivity index (χ1) is 14.6. The van der Waals surface area contributed by atoms with Gasteiger partial charge in [-0.25, -0.2) is 0 Å². The lowest BCUT2D eigenvalue weighted by Gasteiger charge is -2.42. The van der Waals surface area contributed by atoms with E-state index in [-0.39, 0.29) is 36.5 Å². The maximum absolute atomic E-state index is 11.7. The Labute approximate surface area is 203 Å². The number of hydrogen-bond acceptors (Lipinski definition) is 4. The van der Waals surface area contributed by atoms with Crippen molar-refractivity contribution in [2.75, 3.05) is 40.5 Å². The molecule has 0 heterocycles. The number of carbonyl (C=O) groups excluding carboxylic acids is 1. The number of methoxy groups -OCH3 is 1. The third-order valence-corrected chi connectivity index (χ3v) is 6.05. The number of guanidine groups is 1. The molecule has 0 bridgehead atoms. The van der Waals surface area contributed by atoms with Crippen molar-refractivity contribution in [3.05, 3.63) is 29.8 Å². The topological polar surface area (TPSA) is 84.0 Å². The van der Waals surface area contributed by atoms with Crippen LogP contribution in [0, 0.1) is 5.41 Å². The third-order valence-electron chi connectivity index (χ3n) is 6.05. The van der Waals surface area contributed by atoms with Crippen molar-refractivity contribution < 1.29 is 14.3 Å². The molecule has 0 radical (unpaired) electrons. The van der Waals surface area contributed by atoms with Gasteiger partial charge in [0.25, 0.3) is 5.91 Å². The molecule has 0 saturated heterocycles. The van der Waals surface area contributed by atoms with Crippen LogP contribution in [0.5, 0.6) is 5.75 Å². The molecule has 0 aliphatic heterocycles. The molecule has 0 unspecified atom stereocenters. The van der Waals surface area contributed by atoms with E-state index < -0.39 is 0 Å². The molecule has 0 aromatic heterocycles. The van der Waals surface area contributed by atoms with Crippen LogP contribution in [0.15, 0.2) is 29.3 Å². The van der Waals surface area contributed by atoms with Crippen molar-refractivity contribution in [1.82, 2.24) is 16.0 Å². The first-order valence-corrected chi connectivity index (χ1v) is 11.1. The summed E-state index contributed by atoms with van der Waals surface area (Å²) in [6.45, 7) is 2.63. The Hall–Kier alpha value is -1.55. The summed E-state index contributed by atoms with van der Waals surface area (Å²) < 4.78 is 10.8. The van der Waals surface area contributed by atoms with Gasteiger partial charge in [-0.2, -0.15) is 0 Å². The molecule has 2 aliphatic carbocycles. The van der Waals surface area contributed by atoms with E-state index >= 15 is 0 Å². The van der Waals surface area contributed by atoms with Gasteiger partial charge in [0, 0.05) is 39.9 Å². The number of carbonyl (C=O) groups is 1. The predicted octanol–water partition coefficient (Wildman–Crippen LogP) is 2.88. The Balaban J connectivity index is 0.00000341. The molecule has 3 rings (SSSR count). The quantitative estimate of drug-likeness (QED) is 0.214. The minimum absolute atomic E-state index is 0. The lowest BCUT2D eigenvalue weighted by molar-refractivity contribution is -0.123. The molecule has 2 aliphatic rings. The summed E-state index contributed by atoms with van der Waals surface area (Å²) in [7, 11) is 3.58. The van der Waals surface area contributed by atoms with E-state index in [1.165, 1.54) is 24.8 Å². The molecule has 1 aromatic rings. The van der Waals surface area contributed by atoms with Gasteiger partial charge in [-0.05, 0) is 61.6 Å². The lowest BCUT2D eigenvalue weighted by Crippen LogP contribution is -2.47. The van der Waals surface area contributed by atoms with Gasteiger partial charge in [-0.3, -0.25) is 9.79 Å². The maximum atomic E-state index is 11.7. The second-order valence-corrected chi connectivity index (χ2v) is 8.47. The molecule has 1 amide bonds. The fraction of sp³-hybridized carbons (Fsp3) is 0.652. The highest BCUT2D eigenvalue weighted by Crippen LogP contribution is 2.43. The second-order valence-electron chi connectivity index (χ2n) is 8.47. The first-order valence-electron chi connectivity index (χ1n) is 11.1. The summed E-state index contributed by atoms with van der Waals surface area (Å²) >= 11 is 0. The van der Waals surface area contributed by atoms with Crippen LogP contribution in [-0.2, 0) is 16.0 Å². The Bertz CT molecular complexity index is 703. The van der Waals surface area contributed by atoms with Gasteiger partial charge < -0.3 is 25.4 Å². The first kappa shape index (κ1) is 25.7. The predicted molar refractivity (Wildman–Crippen MR) is 134 cm³/mol. The summed E-state index contributed by atoms with van der Waals surface area (Å²) in [6, 6.07) is 8.29. The summed E-state index contributed by atoms with van der Waals surface area (Å²) in [5.41, 5.74) is 1.57. The van der Waals surface area contributed by atoms with Crippen LogP contribution in [-0.4, -0.2) is 58.4 Å². The van der Waals surface area contributed by atoms with E-state index in [4.69, 9.17) is 9.47 Å². The summed E-state index contributed by atoms with van der Waals surface area (Å²) in [5.74, 6) is 1.52. The number of nitrogens with one attached hydrogen (secondary N) is 3.